The first kappa shape index (κ1) is 11.4. The van der Waals surface area contributed by atoms with Gasteiger partial charge in [-0.15, -0.1) is 0 Å². The average molecular weight is 210 g/mol. The molecule has 15 heavy (non-hydrogen) atoms. The van der Waals surface area contributed by atoms with Crippen LogP contribution in [0.5, 0.6) is 0 Å². The fourth-order valence-corrected chi connectivity index (χ4v) is 2.79. The Labute approximate surface area is 94.4 Å². The van der Waals surface area contributed by atoms with Gasteiger partial charge in [-0.1, -0.05) is 12.8 Å². The van der Waals surface area contributed by atoms with Crippen LogP contribution in [0.15, 0.2) is 0 Å². The van der Waals surface area contributed by atoms with Gasteiger partial charge in [0.2, 0.25) is 0 Å². The van der Waals surface area contributed by atoms with Crippen LogP contribution in [0, 0.1) is 5.92 Å². The Morgan fingerprint density at radius 3 is 2.47 bits per heavy atom. The van der Waals surface area contributed by atoms with E-state index in [1.807, 2.05) is 0 Å². The highest BCUT2D eigenvalue weighted by molar-refractivity contribution is 4.83. The quantitative estimate of drug-likeness (QED) is 0.723. The van der Waals surface area contributed by atoms with Crippen molar-refractivity contribution >= 4 is 0 Å². The molecular formula is C13H26N2. The summed E-state index contributed by atoms with van der Waals surface area (Å²) in [5.41, 5.74) is 0. The lowest BCUT2D eigenvalue weighted by atomic mass is 10.00. The molecule has 2 saturated carbocycles. The molecule has 2 aliphatic carbocycles. The number of likely N-dealkylation sites (N-methyl/N-ethyl adjacent to an activating group) is 1. The molecule has 1 N–H and O–H groups in total. The zero-order valence-electron chi connectivity index (χ0n) is 10.3. The van der Waals surface area contributed by atoms with E-state index in [2.05, 4.69) is 24.2 Å². The number of hydrogen-bond acceptors (Lipinski definition) is 2. The molecule has 2 aliphatic rings. The molecule has 88 valence electrons. The highest BCUT2D eigenvalue weighted by Crippen LogP contribution is 2.27. The topological polar surface area (TPSA) is 15.3 Å². The molecule has 2 heteroatoms. The molecule has 0 spiro atoms. The summed E-state index contributed by atoms with van der Waals surface area (Å²) >= 11 is 0. The van der Waals surface area contributed by atoms with Gasteiger partial charge in [-0.05, 0) is 45.6 Å². The van der Waals surface area contributed by atoms with Crippen molar-refractivity contribution in [3.05, 3.63) is 0 Å². The molecule has 2 rings (SSSR count). The van der Waals surface area contributed by atoms with E-state index >= 15 is 0 Å². The molecule has 2 fully saturated rings. The van der Waals surface area contributed by atoms with Gasteiger partial charge in [0.05, 0.1) is 0 Å². The minimum absolute atomic E-state index is 0.736. The van der Waals surface area contributed by atoms with Crippen molar-refractivity contribution in [1.82, 2.24) is 10.2 Å². The van der Waals surface area contributed by atoms with Gasteiger partial charge in [-0.3, -0.25) is 0 Å². The largest absolute Gasteiger partial charge is 0.313 e. The van der Waals surface area contributed by atoms with Gasteiger partial charge < -0.3 is 10.2 Å². The van der Waals surface area contributed by atoms with Crippen molar-refractivity contribution in [2.24, 2.45) is 5.92 Å². The molecule has 1 atom stereocenters. The van der Waals surface area contributed by atoms with Gasteiger partial charge in [0.1, 0.15) is 0 Å². The molecule has 2 nitrogen and oxygen atoms in total. The summed E-state index contributed by atoms with van der Waals surface area (Å²) in [6.07, 6.45) is 8.67. The minimum atomic E-state index is 0.736. The van der Waals surface area contributed by atoms with Crippen LogP contribution in [0.3, 0.4) is 0 Å². The number of rotatable bonds is 6. The highest BCUT2D eigenvalue weighted by atomic mass is 15.2. The third kappa shape index (κ3) is 3.46. The van der Waals surface area contributed by atoms with E-state index < -0.39 is 0 Å². The maximum atomic E-state index is 3.70. The normalized spacial score (nSPS) is 25.0. The predicted octanol–water partition coefficient (Wildman–Crippen LogP) is 2.25. The zero-order chi connectivity index (χ0) is 10.7. The molecule has 0 bridgehead atoms. The third-order valence-corrected chi connectivity index (χ3v) is 4.21. The number of nitrogens with zero attached hydrogens (tertiary/aromatic N) is 1. The molecule has 0 saturated heterocycles. The third-order valence-electron chi connectivity index (χ3n) is 4.21. The second-order valence-electron chi connectivity index (χ2n) is 5.50. The van der Waals surface area contributed by atoms with Crippen LogP contribution in [0.1, 0.15) is 45.4 Å². The summed E-state index contributed by atoms with van der Waals surface area (Å²) in [6.45, 7) is 4.76. The molecule has 1 unspecified atom stereocenters. The lowest BCUT2D eigenvalue weighted by Crippen LogP contribution is -2.38. The fourth-order valence-electron chi connectivity index (χ4n) is 2.79. The first-order valence-corrected chi connectivity index (χ1v) is 6.71. The smallest absolute Gasteiger partial charge is 0.0107 e. The van der Waals surface area contributed by atoms with Crippen molar-refractivity contribution in [2.45, 2.75) is 57.5 Å². The Morgan fingerprint density at radius 2 is 1.87 bits per heavy atom. The highest BCUT2D eigenvalue weighted by Gasteiger charge is 2.26. The first-order valence-electron chi connectivity index (χ1n) is 6.71. The van der Waals surface area contributed by atoms with Gasteiger partial charge >= 0.3 is 0 Å². The van der Waals surface area contributed by atoms with Crippen molar-refractivity contribution in [1.29, 1.82) is 0 Å². The second-order valence-corrected chi connectivity index (χ2v) is 5.50. The second kappa shape index (κ2) is 5.31. The van der Waals surface area contributed by atoms with Crippen molar-refractivity contribution < 1.29 is 0 Å². The Balaban J connectivity index is 1.55. The van der Waals surface area contributed by atoms with Crippen LogP contribution in [-0.2, 0) is 0 Å². The number of nitrogens with one attached hydrogen (secondary N) is 1. The fraction of sp³-hybridized carbons (Fsp3) is 1.00. The monoisotopic (exact) mass is 210 g/mol. The average Bonchev–Trinajstić information content (AvgIpc) is 2.93. The Hall–Kier alpha value is -0.0800. The van der Waals surface area contributed by atoms with Gasteiger partial charge in [0.25, 0.3) is 0 Å². The molecular weight excluding hydrogens is 184 g/mol. The molecule has 0 aliphatic heterocycles. The van der Waals surface area contributed by atoms with E-state index in [1.165, 1.54) is 51.6 Å². The van der Waals surface area contributed by atoms with Crippen LogP contribution in [-0.4, -0.2) is 37.1 Å². The summed E-state index contributed by atoms with van der Waals surface area (Å²) < 4.78 is 0. The number of hydrogen-bond donors (Lipinski definition) is 1. The van der Waals surface area contributed by atoms with Gasteiger partial charge in [-0.25, -0.2) is 0 Å². The van der Waals surface area contributed by atoms with E-state index in [4.69, 9.17) is 0 Å². The van der Waals surface area contributed by atoms with Gasteiger partial charge in [0.15, 0.2) is 0 Å². The summed E-state index contributed by atoms with van der Waals surface area (Å²) in [7, 11) is 2.26. The maximum Gasteiger partial charge on any atom is 0.0107 e. The van der Waals surface area contributed by atoms with Crippen molar-refractivity contribution in [3.63, 3.8) is 0 Å². The van der Waals surface area contributed by atoms with E-state index in [9.17, 15) is 0 Å². The Morgan fingerprint density at radius 1 is 1.20 bits per heavy atom. The van der Waals surface area contributed by atoms with Crippen molar-refractivity contribution in [3.8, 4) is 0 Å². The van der Waals surface area contributed by atoms with Crippen LogP contribution in [0.2, 0.25) is 0 Å². The van der Waals surface area contributed by atoms with E-state index in [0.29, 0.717) is 0 Å². The van der Waals surface area contributed by atoms with Crippen LogP contribution in [0.25, 0.3) is 0 Å². The van der Waals surface area contributed by atoms with E-state index in [1.54, 1.807) is 0 Å². The Kier molecular flexibility index (Phi) is 4.04. The predicted molar refractivity (Wildman–Crippen MR) is 65.1 cm³/mol. The minimum Gasteiger partial charge on any atom is -0.313 e. The molecule has 0 aromatic rings. The summed E-state index contributed by atoms with van der Waals surface area (Å²) in [5, 5.41) is 3.70. The molecule has 0 aromatic heterocycles. The molecule has 0 heterocycles. The van der Waals surface area contributed by atoms with Crippen LogP contribution in [0.4, 0.5) is 0 Å². The lowest BCUT2D eigenvalue weighted by Gasteiger charge is -2.22. The zero-order valence-corrected chi connectivity index (χ0v) is 10.3. The lowest BCUT2D eigenvalue weighted by molar-refractivity contribution is 0.300. The summed E-state index contributed by atoms with van der Waals surface area (Å²) in [5.74, 6) is 0.955. The van der Waals surface area contributed by atoms with Crippen LogP contribution >= 0.6 is 0 Å². The van der Waals surface area contributed by atoms with E-state index in [0.717, 1.165) is 18.0 Å². The molecule has 0 amide bonds. The van der Waals surface area contributed by atoms with Gasteiger partial charge in [0, 0.05) is 25.2 Å². The maximum absolute atomic E-state index is 3.70. The van der Waals surface area contributed by atoms with Crippen molar-refractivity contribution in [2.75, 3.05) is 20.1 Å². The first-order chi connectivity index (χ1) is 7.27. The Bertz CT molecular complexity index is 183. The van der Waals surface area contributed by atoms with Gasteiger partial charge in [-0.2, -0.15) is 0 Å². The SMILES string of the molecule is CC(NCCN(C)C1CC1)C1CCCC1. The van der Waals surface area contributed by atoms with Crippen LogP contribution < -0.4 is 5.32 Å². The summed E-state index contributed by atoms with van der Waals surface area (Å²) in [4.78, 5) is 2.51. The standard InChI is InChI=1S/C13H26N2/c1-11(12-5-3-4-6-12)14-9-10-15(2)13-7-8-13/h11-14H,3-10H2,1-2H3. The molecule has 0 aromatic carbocycles. The van der Waals surface area contributed by atoms with E-state index in [-0.39, 0.29) is 0 Å². The molecule has 0 radical (unpaired) electrons. The summed E-state index contributed by atoms with van der Waals surface area (Å²) in [6, 6.07) is 1.65.